The second-order valence-electron chi connectivity index (χ2n) is 6.48. The molecule has 0 aliphatic heterocycles. The molecule has 0 saturated carbocycles. The van der Waals surface area contributed by atoms with Gasteiger partial charge >= 0.3 is 11.9 Å². The van der Waals surface area contributed by atoms with Crippen molar-refractivity contribution in [2.45, 2.75) is 26.6 Å². The molecule has 1 atom stereocenters. The minimum atomic E-state index is -0.934. The lowest BCUT2D eigenvalue weighted by molar-refractivity contribution is -0.162. The Hall–Kier alpha value is -3.40. The van der Waals surface area contributed by atoms with Gasteiger partial charge in [-0.3, -0.25) is 4.79 Å². The van der Waals surface area contributed by atoms with Crippen molar-refractivity contribution in [3.63, 3.8) is 0 Å². The second kappa shape index (κ2) is 9.00. The smallest absolute Gasteiger partial charge is 0.341 e. The number of hydrogen-bond acceptors (Lipinski definition) is 4. The molecule has 3 rings (SSSR count). The molecule has 0 fully saturated rings. The number of benzene rings is 3. The molecule has 0 aromatic heterocycles. The quantitative estimate of drug-likeness (QED) is 0.449. The van der Waals surface area contributed by atoms with Gasteiger partial charge in [-0.15, -0.1) is 0 Å². The number of rotatable bonds is 6. The minimum Gasteiger partial charge on any atom is -0.426 e. The lowest BCUT2D eigenvalue weighted by atomic mass is 9.93. The predicted octanol–water partition coefficient (Wildman–Crippen LogP) is 5.01. The first-order valence-electron chi connectivity index (χ1n) is 9.13. The van der Waals surface area contributed by atoms with E-state index in [2.05, 4.69) is 12.1 Å². The zero-order valence-corrected chi connectivity index (χ0v) is 15.9. The van der Waals surface area contributed by atoms with Gasteiger partial charge in [-0.2, -0.15) is 0 Å². The molecule has 0 radical (unpaired) electrons. The number of esters is 2. The fourth-order valence-corrected chi connectivity index (χ4v) is 3.06. The van der Waals surface area contributed by atoms with Crippen molar-refractivity contribution in [2.24, 2.45) is 0 Å². The highest BCUT2D eigenvalue weighted by Gasteiger charge is 2.16. The molecule has 3 aromatic carbocycles. The van der Waals surface area contributed by atoms with Crippen LogP contribution in [0.2, 0.25) is 0 Å². The maximum absolute atomic E-state index is 12.5. The van der Waals surface area contributed by atoms with E-state index in [4.69, 9.17) is 9.47 Å². The maximum Gasteiger partial charge on any atom is 0.341 e. The highest BCUT2D eigenvalue weighted by atomic mass is 16.7. The Balaban J connectivity index is 1.92. The largest absolute Gasteiger partial charge is 0.426 e. The van der Waals surface area contributed by atoms with Crippen LogP contribution in [-0.2, 0) is 20.7 Å². The molecule has 0 amide bonds. The van der Waals surface area contributed by atoms with Crippen LogP contribution in [0.3, 0.4) is 0 Å². The van der Waals surface area contributed by atoms with Gasteiger partial charge in [0.1, 0.15) is 0 Å². The normalized spacial score (nSPS) is 11.5. The summed E-state index contributed by atoms with van der Waals surface area (Å²) in [7, 11) is 0. The molecule has 0 saturated heterocycles. The molecule has 0 aliphatic rings. The monoisotopic (exact) mass is 374 g/mol. The number of ether oxygens (including phenoxy) is 2. The van der Waals surface area contributed by atoms with Gasteiger partial charge in [0, 0.05) is 13.8 Å². The molecule has 4 nitrogen and oxygen atoms in total. The van der Waals surface area contributed by atoms with E-state index >= 15 is 0 Å². The first-order valence-corrected chi connectivity index (χ1v) is 9.13. The second-order valence-corrected chi connectivity index (χ2v) is 6.48. The summed E-state index contributed by atoms with van der Waals surface area (Å²) in [5, 5.41) is 0. The molecular formula is C24H22O4. The van der Waals surface area contributed by atoms with Crippen molar-refractivity contribution >= 4 is 11.9 Å². The molecule has 0 spiro atoms. The van der Waals surface area contributed by atoms with E-state index in [9.17, 15) is 9.59 Å². The van der Waals surface area contributed by atoms with Gasteiger partial charge in [0.25, 0.3) is 0 Å². The summed E-state index contributed by atoms with van der Waals surface area (Å²) < 4.78 is 10.1. The Kier molecular flexibility index (Phi) is 6.22. The van der Waals surface area contributed by atoms with Gasteiger partial charge in [-0.05, 0) is 40.8 Å². The molecular weight excluding hydrogens is 352 g/mol. The van der Waals surface area contributed by atoms with E-state index in [1.165, 1.54) is 13.8 Å². The van der Waals surface area contributed by atoms with E-state index in [1.54, 1.807) is 6.07 Å². The van der Waals surface area contributed by atoms with E-state index in [0.717, 1.165) is 22.3 Å². The highest BCUT2D eigenvalue weighted by molar-refractivity contribution is 5.91. The fourth-order valence-electron chi connectivity index (χ4n) is 3.06. The van der Waals surface area contributed by atoms with Gasteiger partial charge < -0.3 is 9.47 Å². The summed E-state index contributed by atoms with van der Waals surface area (Å²) in [6, 6.07) is 25.6. The average Bonchev–Trinajstić information content (AvgIpc) is 2.68. The standard InChI is InChI=1S/C24H22O4/c1-17(25)27-18(2)28-24(26)21-13-14-23(20-11-7-4-8-12-20)22(16-21)15-19-9-5-3-6-10-19/h3-14,16,18H,15H2,1-2H3. The third-order valence-corrected chi connectivity index (χ3v) is 4.27. The van der Waals surface area contributed by atoms with Crippen LogP contribution >= 0.6 is 0 Å². The van der Waals surface area contributed by atoms with Crippen LogP contribution in [0.25, 0.3) is 11.1 Å². The summed E-state index contributed by atoms with van der Waals surface area (Å²) in [5.41, 5.74) is 4.74. The molecule has 0 bridgehead atoms. The molecule has 28 heavy (non-hydrogen) atoms. The Labute approximate surface area is 164 Å². The molecule has 0 aliphatic carbocycles. The van der Waals surface area contributed by atoms with E-state index in [0.29, 0.717) is 12.0 Å². The zero-order chi connectivity index (χ0) is 19.9. The van der Waals surface area contributed by atoms with Gasteiger partial charge in [0.05, 0.1) is 5.56 Å². The minimum absolute atomic E-state index is 0.421. The van der Waals surface area contributed by atoms with Crippen molar-refractivity contribution in [2.75, 3.05) is 0 Å². The lowest BCUT2D eigenvalue weighted by Crippen LogP contribution is -2.20. The molecule has 1 unspecified atom stereocenters. The third-order valence-electron chi connectivity index (χ3n) is 4.27. The fraction of sp³-hybridized carbons (Fsp3) is 0.167. The molecule has 4 heteroatoms. The summed E-state index contributed by atoms with van der Waals surface area (Å²) in [5.74, 6) is -1.02. The highest BCUT2D eigenvalue weighted by Crippen LogP contribution is 2.27. The first kappa shape index (κ1) is 19.4. The molecule has 0 N–H and O–H groups in total. The molecule has 3 aromatic rings. The summed E-state index contributed by atoms with van der Waals surface area (Å²) in [4.78, 5) is 23.5. The van der Waals surface area contributed by atoms with Crippen molar-refractivity contribution in [3.8, 4) is 11.1 Å². The average molecular weight is 374 g/mol. The Morgan fingerprint density at radius 2 is 1.50 bits per heavy atom. The van der Waals surface area contributed by atoms with E-state index in [1.807, 2.05) is 60.7 Å². The predicted molar refractivity (Wildman–Crippen MR) is 108 cm³/mol. The van der Waals surface area contributed by atoms with Crippen molar-refractivity contribution in [1.29, 1.82) is 0 Å². The number of carbonyl (C=O) groups excluding carboxylic acids is 2. The Morgan fingerprint density at radius 1 is 0.857 bits per heavy atom. The first-order chi connectivity index (χ1) is 13.5. The summed E-state index contributed by atoms with van der Waals surface area (Å²) in [6.45, 7) is 2.79. The van der Waals surface area contributed by atoms with E-state index in [-0.39, 0.29) is 0 Å². The summed E-state index contributed by atoms with van der Waals surface area (Å²) in [6.07, 6.45) is -0.248. The van der Waals surface area contributed by atoms with Gasteiger partial charge in [0.15, 0.2) is 0 Å². The van der Waals surface area contributed by atoms with Crippen molar-refractivity contribution in [3.05, 3.63) is 95.6 Å². The topological polar surface area (TPSA) is 52.6 Å². The summed E-state index contributed by atoms with van der Waals surface area (Å²) >= 11 is 0. The van der Waals surface area contributed by atoms with Gasteiger partial charge in [-0.25, -0.2) is 4.79 Å². The number of hydrogen-bond donors (Lipinski definition) is 0. The van der Waals surface area contributed by atoms with Crippen LogP contribution < -0.4 is 0 Å². The molecule has 0 heterocycles. The van der Waals surface area contributed by atoms with Crippen molar-refractivity contribution < 1.29 is 19.1 Å². The third kappa shape index (κ3) is 5.07. The van der Waals surface area contributed by atoms with Gasteiger partial charge in [0.2, 0.25) is 6.29 Å². The zero-order valence-electron chi connectivity index (χ0n) is 15.9. The lowest BCUT2D eigenvalue weighted by Gasteiger charge is -2.15. The van der Waals surface area contributed by atoms with Crippen LogP contribution in [0.4, 0.5) is 0 Å². The molecule has 142 valence electrons. The van der Waals surface area contributed by atoms with Crippen LogP contribution in [0, 0.1) is 0 Å². The van der Waals surface area contributed by atoms with E-state index < -0.39 is 18.2 Å². The SMILES string of the molecule is CC(=O)OC(C)OC(=O)c1ccc(-c2ccccc2)c(Cc2ccccc2)c1. The Morgan fingerprint density at radius 3 is 2.14 bits per heavy atom. The van der Waals surface area contributed by atoms with Gasteiger partial charge in [-0.1, -0.05) is 66.7 Å². The number of carbonyl (C=O) groups is 2. The van der Waals surface area contributed by atoms with Crippen LogP contribution in [0.15, 0.2) is 78.9 Å². The van der Waals surface area contributed by atoms with Crippen LogP contribution in [-0.4, -0.2) is 18.2 Å². The van der Waals surface area contributed by atoms with Crippen LogP contribution in [0.1, 0.15) is 35.3 Å². The van der Waals surface area contributed by atoms with Crippen LogP contribution in [0.5, 0.6) is 0 Å². The maximum atomic E-state index is 12.5. The van der Waals surface area contributed by atoms with Crippen molar-refractivity contribution in [1.82, 2.24) is 0 Å². The Bertz CT molecular complexity index is 949.